The van der Waals surface area contributed by atoms with E-state index >= 15 is 0 Å². The van der Waals surface area contributed by atoms with Crippen molar-refractivity contribution in [3.05, 3.63) is 40.5 Å². The standard InChI is InChI=1S/C17H9N5O/c1-10(23)22-13-2-3-14-15(11(6-18)7-19)5-16(17(14)4-13)12(8-20)9-21/h2-4H,5H2,1H3,(H,22,23). The molecule has 1 amide bonds. The summed E-state index contributed by atoms with van der Waals surface area (Å²) in [5.74, 6) is -0.250. The van der Waals surface area contributed by atoms with Gasteiger partial charge in [-0.25, -0.2) is 0 Å². The topological polar surface area (TPSA) is 124 Å². The number of rotatable bonds is 1. The zero-order chi connectivity index (χ0) is 17.0. The number of allylic oxidation sites excluding steroid dienone is 4. The minimum Gasteiger partial charge on any atom is -0.326 e. The van der Waals surface area contributed by atoms with Crippen molar-refractivity contribution in [1.29, 1.82) is 21.0 Å². The number of hydrogen-bond acceptors (Lipinski definition) is 5. The number of nitriles is 4. The van der Waals surface area contributed by atoms with Crippen LogP contribution in [0.4, 0.5) is 5.69 Å². The van der Waals surface area contributed by atoms with E-state index in [1.807, 2.05) is 24.3 Å². The summed E-state index contributed by atoms with van der Waals surface area (Å²) < 4.78 is 0. The summed E-state index contributed by atoms with van der Waals surface area (Å²) in [6.45, 7) is 1.37. The number of carbonyl (C=O) groups excluding carboxylic acids is 1. The zero-order valence-electron chi connectivity index (χ0n) is 12.1. The van der Waals surface area contributed by atoms with Gasteiger partial charge in [-0.15, -0.1) is 0 Å². The van der Waals surface area contributed by atoms with E-state index in [2.05, 4.69) is 5.32 Å². The molecule has 1 aromatic carbocycles. The Balaban J connectivity index is 2.78. The Morgan fingerprint density at radius 2 is 1.48 bits per heavy atom. The van der Waals surface area contributed by atoms with Crippen molar-refractivity contribution in [3.8, 4) is 24.3 Å². The molecule has 0 atom stereocenters. The average molecular weight is 299 g/mol. The molecule has 6 nitrogen and oxygen atoms in total. The number of nitrogens with one attached hydrogen (secondary N) is 1. The summed E-state index contributed by atoms with van der Waals surface area (Å²) in [4.78, 5) is 11.2. The Morgan fingerprint density at radius 1 is 0.957 bits per heavy atom. The molecule has 1 N–H and O–H groups in total. The molecule has 1 aromatic rings. The molecule has 0 saturated heterocycles. The highest BCUT2D eigenvalue weighted by molar-refractivity contribution is 6.00. The molecule has 0 unspecified atom stereocenters. The predicted molar refractivity (Wildman–Crippen MR) is 81.7 cm³/mol. The summed E-state index contributed by atoms with van der Waals surface area (Å²) in [6, 6.07) is 12.3. The normalized spacial score (nSPS) is 11.3. The number of anilines is 1. The van der Waals surface area contributed by atoms with Crippen molar-refractivity contribution in [2.24, 2.45) is 0 Å². The van der Waals surface area contributed by atoms with Crippen LogP contribution in [0.5, 0.6) is 0 Å². The minimum atomic E-state index is -0.250. The molecule has 23 heavy (non-hydrogen) atoms. The van der Waals surface area contributed by atoms with Gasteiger partial charge in [-0.3, -0.25) is 4.79 Å². The van der Waals surface area contributed by atoms with Crippen molar-refractivity contribution in [1.82, 2.24) is 0 Å². The van der Waals surface area contributed by atoms with E-state index in [0.717, 1.165) is 0 Å². The molecule has 1 aliphatic rings. The zero-order valence-corrected chi connectivity index (χ0v) is 12.1. The number of nitrogens with zero attached hydrogens (tertiary/aromatic N) is 4. The fraction of sp³-hybridized carbons (Fsp3) is 0.118. The lowest BCUT2D eigenvalue weighted by Crippen LogP contribution is -2.05. The highest BCUT2D eigenvalue weighted by Crippen LogP contribution is 2.44. The van der Waals surface area contributed by atoms with Crippen LogP contribution in [-0.2, 0) is 4.79 Å². The second-order valence-electron chi connectivity index (χ2n) is 4.77. The van der Waals surface area contributed by atoms with E-state index in [1.165, 1.54) is 6.92 Å². The second kappa shape index (κ2) is 6.27. The molecule has 0 aromatic heterocycles. The van der Waals surface area contributed by atoms with E-state index in [4.69, 9.17) is 21.0 Å². The van der Waals surface area contributed by atoms with Crippen LogP contribution in [0.3, 0.4) is 0 Å². The molecule has 2 rings (SSSR count). The number of fused-ring (bicyclic) bond motifs is 1. The first-order valence-electron chi connectivity index (χ1n) is 6.54. The smallest absolute Gasteiger partial charge is 0.221 e. The van der Waals surface area contributed by atoms with Crippen LogP contribution in [0.1, 0.15) is 24.5 Å². The first-order chi connectivity index (χ1) is 11.0. The highest BCUT2D eigenvalue weighted by Gasteiger charge is 2.27. The molecule has 108 valence electrons. The Morgan fingerprint density at radius 3 is 1.96 bits per heavy atom. The van der Waals surface area contributed by atoms with Gasteiger partial charge in [-0.2, -0.15) is 21.0 Å². The molecule has 0 bridgehead atoms. The molecular weight excluding hydrogens is 290 g/mol. The van der Waals surface area contributed by atoms with E-state index in [1.54, 1.807) is 18.2 Å². The number of carbonyl (C=O) groups is 1. The van der Waals surface area contributed by atoms with Crippen molar-refractivity contribution < 1.29 is 4.79 Å². The first kappa shape index (κ1) is 15.5. The van der Waals surface area contributed by atoms with E-state index in [-0.39, 0.29) is 23.5 Å². The van der Waals surface area contributed by atoms with Crippen molar-refractivity contribution in [2.75, 3.05) is 5.32 Å². The monoisotopic (exact) mass is 299 g/mol. The maximum absolute atomic E-state index is 11.2. The van der Waals surface area contributed by atoms with Crippen LogP contribution in [0.15, 0.2) is 29.3 Å². The second-order valence-corrected chi connectivity index (χ2v) is 4.77. The van der Waals surface area contributed by atoms with Gasteiger partial charge in [0.1, 0.15) is 35.4 Å². The van der Waals surface area contributed by atoms with E-state index in [9.17, 15) is 4.79 Å². The summed E-state index contributed by atoms with van der Waals surface area (Å²) in [5.41, 5.74) is 2.52. The summed E-state index contributed by atoms with van der Waals surface area (Å²) in [5, 5.41) is 39.1. The van der Waals surface area contributed by atoms with Gasteiger partial charge < -0.3 is 5.32 Å². The molecular formula is C17H9N5O. The van der Waals surface area contributed by atoms with Gasteiger partial charge in [0.15, 0.2) is 0 Å². The lowest BCUT2D eigenvalue weighted by Gasteiger charge is -2.06. The fourth-order valence-corrected chi connectivity index (χ4v) is 2.47. The summed E-state index contributed by atoms with van der Waals surface area (Å²) >= 11 is 0. The van der Waals surface area contributed by atoms with Crippen LogP contribution in [0.25, 0.3) is 11.1 Å². The lowest BCUT2D eigenvalue weighted by atomic mass is 10.0. The largest absolute Gasteiger partial charge is 0.326 e. The Labute approximate surface area is 132 Å². The lowest BCUT2D eigenvalue weighted by molar-refractivity contribution is -0.114. The molecule has 1 aliphatic carbocycles. The van der Waals surface area contributed by atoms with Gasteiger partial charge in [0.25, 0.3) is 0 Å². The number of hydrogen-bond donors (Lipinski definition) is 1. The maximum Gasteiger partial charge on any atom is 0.221 e. The van der Waals surface area contributed by atoms with Gasteiger partial charge in [-0.1, -0.05) is 6.07 Å². The van der Waals surface area contributed by atoms with Crippen LogP contribution in [-0.4, -0.2) is 5.91 Å². The predicted octanol–water partition coefficient (Wildman–Crippen LogP) is 2.65. The number of amides is 1. The van der Waals surface area contributed by atoms with Crippen LogP contribution >= 0.6 is 0 Å². The van der Waals surface area contributed by atoms with Crippen molar-refractivity contribution in [2.45, 2.75) is 13.3 Å². The Bertz CT molecular complexity index is 907. The third kappa shape index (κ3) is 2.79. The summed E-state index contributed by atoms with van der Waals surface area (Å²) in [7, 11) is 0. The fourth-order valence-electron chi connectivity index (χ4n) is 2.47. The van der Waals surface area contributed by atoms with Crippen molar-refractivity contribution >= 4 is 22.7 Å². The molecule has 0 spiro atoms. The average Bonchev–Trinajstić information content (AvgIpc) is 2.88. The number of benzene rings is 1. The van der Waals surface area contributed by atoms with E-state index < -0.39 is 0 Å². The minimum absolute atomic E-state index is 0.0521. The molecule has 0 saturated carbocycles. The van der Waals surface area contributed by atoms with Crippen LogP contribution in [0, 0.1) is 45.3 Å². The van der Waals surface area contributed by atoms with Crippen LogP contribution < -0.4 is 5.32 Å². The Kier molecular flexibility index (Phi) is 4.23. The molecule has 0 heterocycles. The van der Waals surface area contributed by atoms with E-state index in [0.29, 0.717) is 28.0 Å². The molecule has 0 radical (unpaired) electrons. The van der Waals surface area contributed by atoms with Crippen molar-refractivity contribution in [3.63, 3.8) is 0 Å². The third-order valence-corrected chi connectivity index (χ3v) is 3.39. The third-order valence-electron chi connectivity index (χ3n) is 3.39. The highest BCUT2D eigenvalue weighted by atomic mass is 16.1. The quantitative estimate of drug-likeness (QED) is 0.798. The van der Waals surface area contributed by atoms with Gasteiger partial charge in [0, 0.05) is 19.0 Å². The van der Waals surface area contributed by atoms with Gasteiger partial charge >= 0.3 is 0 Å². The Hall–Kier alpha value is -3.87. The molecule has 0 aliphatic heterocycles. The molecule has 6 heteroatoms. The SMILES string of the molecule is CC(=O)Nc1ccc2c(c1)C(=C(C#N)C#N)CC2=C(C#N)C#N. The van der Waals surface area contributed by atoms with Gasteiger partial charge in [-0.05, 0) is 34.4 Å². The van der Waals surface area contributed by atoms with Gasteiger partial charge in [0.05, 0.1) is 0 Å². The molecule has 0 fully saturated rings. The first-order valence-corrected chi connectivity index (χ1v) is 6.54. The maximum atomic E-state index is 11.2. The van der Waals surface area contributed by atoms with Gasteiger partial charge in [0.2, 0.25) is 5.91 Å². The van der Waals surface area contributed by atoms with Crippen LogP contribution in [0.2, 0.25) is 0 Å². The summed E-state index contributed by atoms with van der Waals surface area (Å²) in [6.07, 6.45) is 0.158.